The molecule has 92 valence electrons. The van der Waals surface area contributed by atoms with Gasteiger partial charge in [0.2, 0.25) is 5.56 Å². The van der Waals surface area contributed by atoms with Gasteiger partial charge in [-0.25, -0.2) is 0 Å². The molecule has 1 amide bonds. The quantitative estimate of drug-likeness (QED) is 0.730. The summed E-state index contributed by atoms with van der Waals surface area (Å²) in [5, 5.41) is 3.27. The number of carbonyl (C=O) groups is 1. The summed E-state index contributed by atoms with van der Waals surface area (Å²) in [5.41, 5.74) is 0.131. The van der Waals surface area contributed by atoms with E-state index in [1.807, 2.05) is 18.7 Å². The number of pyridine rings is 1. The van der Waals surface area contributed by atoms with Crippen molar-refractivity contribution < 1.29 is 4.79 Å². The van der Waals surface area contributed by atoms with Gasteiger partial charge in [-0.15, -0.1) is 0 Å². The van der Waals surface area contributed by atoms with E-state index in [0.717, 1.165) is 13.1 Å². The van der Waals surface area contributed by atoms with E-state index >= 15 is 0 Å². The summed E-state index contributed by atoms with van der Waals surface area (Å²) < 4.78 is 0. The van der Waals surface area contributed by atoms with Crippen molar-refractivity contribution in [1.29, 1.82) is 0 Å². The van der Waals surface area contributed by atoms with Crippen LogP contribution in [0, 0.1) is 0 Å². The van der Waals surface area contributed by atoms with E-state index in [0.29, 0.717) is 12.1 Å². The minimum absolute atomic E-state index is 0.0345. The van der Waals surface area contributed by atoms with Gasteiger partial charge >= 0.3 is 0 Å². The molecule has 0 atom stereocenters. The van der Waals surface area contributed by atoms with Gasteiger partial charge in [0, 0.05) is 31.9 Å². The van der Waals surface area contributed by atoms with Crippen molar-refractivity contribution in [1.82, 2.24) is 15.2 Å². The van der Waals surface area contributed by atoms with E-state index in [4.69, 9.17) is 0 Å². The van der Waals surface area contributed by atoms with Crippen LogP contribution >= 0.6 is 0 Å². The van der Waals surface area contributed by atoms with Crippen LogP contribution < -0.4 is 10.9 Å². The first-order chi connectivity index (χ1) is 8.00. The molecule has 2 N–H and O–H groups in total. The molecule has 1 aromatic heterocycles. The number of piperazine rings is 1. The summed E-state index contributed by atoms with van der Waals surface area (Å²) in [6.07, 6.45) is 1.47. The second-order valence-electron chi connectivity index (χ2n) is 4.89. The molecule has 1 saturated heterocycles. The molecule has 1 aliphatic rings. The predicted octanol–water partition coefficient (Wildman–Crippen LogP) is 0.199. The molecule has 0 saturated carbocycles. The molecule has 1 fully saturated rings. The summed E-state index contributed by atoms with van der Waals surface area (Å²) >= 11 is 0. The summed E-state index contributed by atoms with van der Waals surface area (Å²) in [6.45, 7) is 6.33. The van der Waals surface area contributed by atoms with Gasteiger partial charge in [0.1, 0.15) is 0 Å². The number of rotatable bonds is 1. The number of nitrogens with zero attached hydrogens (tertiary/aromatic N) is 1. The number of H-pyrrole nitrogens is 1. The molecule has 2 heterocycles. The lowest BCUT2D eigenvalue weighted by atomic mass is 9.99. The Bertz CT molecular complexity index is 458. The standard InChI is InChI=1S/C12H17N3O2/c1-12(2)8-13-5-6-15(12)11(17)9-3-4-10(16)14-7-9/h3-4,7,13H,5-6,8H2,1-2H3,(H,14,16). The number of hydrogen-bond acceptors (Lipinski definition) is 3. The minimum Gasteiger partial charge on any atom is -0.331 e. The van der Waals surface area contributed by atoms with E-state index in [1.165, 1.54) is 12.3 Å². The number of aromatic amines is 1. The summed E-state index contributed by atoms with van der Waals surface area (Å²) in [5.74, 6) is -0.0345. The maximum absolute atomic E-state index is 12.3. The Morgan fingerprint density at radius 1 is 1.41 bits per heavy atom. The monoisotopic (exact) mass is 235 g/mol. The Balaban J connectivity index is 2.24. The number of hydrogen-bond donors (Lipinski definition) is 2. The van der Waals surface area contributed by atoms with Gasteiger partial charge in [0.05, 0.1) is 11.1 Å². The third kappa shape index (κ3) is 2.39. The topological polar surface area (TPSA) is 65.2 Å². The molecule has 0 spiro atoms. The fraction of sp³-hybridized carbons (Fsp3) is 0.500. The maximum Gasteiger partial charge on any atom is 0.255 e. The lowest BCUT2D eigenvalue weighted by Crippen LogP contribution is -2.59. The second kappa shape index (κ2) is 4.33. The van der Waals surface area contributed by atoms with Gasteiger partial charge < -0.3 is 15.2 Å². The third-order valence-electron chi connectivity index (χ3n) is 3.08. The van der Waals surface area contributed by atoms with Crippen LogP contribution in [0.2, 0.25) is 0 Å². The van der Waals surface area contributed by atoms with Crippen molar-refractivity contribution >= 4 is 5.91 Å². The fourth-order valence-corrected chi connectivity index (χ4v) is 2.06. The molecule has 0 radical (unpaired) electrons. The van der Waals surface area contributed by atoms with E-state index < -0.39 is 0 Å². The van der Waals surface area contributed by atoms with Crippen molar-refractivity contribution in [3.05, 3.63) is 34.2 Å². The van der Waals surface area contributed by atoms with Crippen LogP contribution in [-0.2, 0) is 0 Å². The van der Waals surface area contributed by atoms with Gasteiger partial charge in [0.15, 0.2) is 0 Å². The molecule has 0 bridgehead atoms. The largest absolute Gasteiger partial charge is 0.331 e. The zero-order valence-corrected chi connectivity index (χ0v) is 10.1. The SMILES string of the molecule is CC1(C)CNCCN1C(=O)c1ccc(=O)[nH]c1. The van der Waals surface area contributed by atoms with Gasteiger partial charge in [-0.1, -0.05) is 0 Å². The number of nitrogens with one attached hydrogen (secondary N) is 2. The van der Waals surface area contributed by atoms with Crippen LogP contribution in [0.15, 0.2) is 23.1 Å². The van der Waals surface area contributed by atoms with Gasteiger partial charge in [-0.05, 0) is 19.9 Å². The van der Waals surface area contributed by atoms with Crippen LogP contribution in [0.1, 0.15) is 24.2 Å². The molecule has 0 aliphatic carbocycles. The zero-order chi connectivity index (χ0) is 12.5. The Hall–Kier alpha value is -1.62. The molecule has 5 nitrogen and oxygen atoms in total. The van der Waals surface area contributed by atoms with Crippen molar-refractivity contribution in [3.8, 4) is 0 Å². The first-order valence-corrected chi connectivity index (χ1v) is 5.72. The van der Waals surface area contributed by atoms with Crippen LogP contribution in [0.25, 0.3) is 0 Å². The Morgan fingerprint density at radius 3 is 2.76 bits per heavy atom. The van der Waals surface area contributed by atoms with Crippen molar-refractivity contribution in [3.63, 3.8) is 0 Å². The molecule has 2 rings (SSSR count). The van der Waals surface area contributed by atoms with Gasteiger partial charge in [-0.2, -0.15) is 0 Å². The number of carbonyl (C=O) groups excluding carboxylic acids is 1. The Labute approximate surface area is 99.8 Å². The van der Waals surface area contributed by atoms with Crippen LogP contribution in [0.5, 0.6) is 0 Å². The van der Waals surface area contributed by atoms with Crippen molar-refractivity contribution in [2.24, 2.45) is 0 Å². The highest BCUT2D eigenvalue weighted by molar-refractivity contribution is 5.94. The summed E-state index contributed by atoms with van der Waals surface area (Å²) in [6, 6.07) is 2.95. The van der Waals surface area contributed by atoms with Crippen LogP contribution in [0.4, 0.5) is 0 Å². The normalized spacial score (nSPS) is 19.1. The maximum atomic E-state index is 12.3. The van der Waals surface area contributed by atoms with E-state index in [1.54, 1.807) is 6.07 Å². The molecule has 17 heavy (non-hydrogen) atoms. The second-order valence-corrected chi connectivity index (χ2v) is 4.89. The minimum atomic E-state index is -0.203. The van der Waals surface area contributed by atoms with E-state index in [9.17, 15) is 9.59 Å². The van der Waals surface area contributed by atoms with Crippen LogP contribution in [-0.4, -0.2) is 41.0 Å². The average molecular weight is 235 g/mol. The molecule has 1 aliphatic heterocycles. The lowest BCUT2D eigenvalue weighted by Gasteiger charge is -2.42. The molecule has 0 unspecified atom stereocenters. The van der Waals surface area contributed by atoms with E-state index in [-0.39, 0.29) is 17.0 Å². The highest BCUT2D eigenvalue weighted by Crippen LogP contribution is 2.18. The molecule has 1 aromatic rings. The number of amides is 1. The summed E-state index contributed by atoms with van der Waals surface area (Å²) in [4.78, 5) is 27.6. The van der Waals surface area contributed by atoms with E-state index in [2.05, 4.69) is 10.3 Å². The molecule has 0 aromatic carbocycles. The fourth-order valence-electron chi connectivity index (χ4n) is 2.06. The van der Waals surface area contributed by atoms with Crippen molar-refractivity contribution in [2.45, 2.75) is 19.4 Å². The molecular weight excluding hydrogens is 218 g/mol. The molecule has 5 heteroatoms. The number of aromatic nitrogens is 1. The Morgan fingerprint density at radius 2 is 2.18 bits per heavy atom. The highest BCUT2D eigenvalue weighted by Gasteiger charge is 2.33. The Kier molecular flexibility index (Phi) is 3.02. The van der Waals surface area contributed by atoms with Gasteiger partial charge in [0.25, 0.3) is 5.91 Å². The zero-order valence-electron chi connectivity index (χ0n) is 10.1. The predicted molar refractivity (Wildman–Crippen MR) is 65.0 cm³/mol. The van der Waals surface area contributed by atoms with Crippen molar-refractivity contribution in [2.75, 3.05) is 19.6 Å². The highest BCUT2D eigenvalue weighted by atomic mass is 16.2. The average Bonchev–Trinajstić information content (AvgIpc) is 2.28. The third-order valence-corrected chi connectivity index (χ3v) is 3.08. The first kappa shape index (κ1) is 11.9. The van der Waals surface area contributed by atoms with Gasteiger partial charge in [-0.3, -0.25) is 9.59 Å². The lowest BCUT2D eigenvalue weighted by molar-refractivity contribution is 0.0477. The summed E-state index contributed by atoms with van der Waals surface area (Å²) in [7, 11) is 0. The first-order valence-electron chi connectivity index (χ1n) is 5.72. The molecular formula is C12H17N3O2. The van der Waals surface area contributed by atoms with Crippen LogP contribution in [0.3, 0.4) is 0 Å². The smallest absolute Gasteiger partial charge is 0.255 e.